The van der Waals surface area contributed by atoms with E-state index in [2.05, 4.69) is 6.55 Å². The molecular formula is C9H21BO2Si. The van der Waals surface area contributed by atoms with Crippen LogP contribution in [0.25, 0.3) is 0 Å². The zero-order valence-electron chi connectivity index (χ0n) is 9.14. The maximum Gasteiger partial charge on any atom is 0.334 e. The van der Waals surface area contributed by atoms with Crippen LogP contribution in [0.5, 0.6) is 0 Å². The van der Waals surface area contributed by atoms with E-state index in [0.29, 0.717) is 0 Å². The third-order valence-corrected chi connectivity index (χ3v) is 5.04. The molecule has 76 valence electrons. The third-order valence-electron chi connectivity index (χ3n) is 1.98. The molecule has 0 unspecified atom stereocenters. The van der Waals surface area contributed by atoms with E-state index in [4.69, 9.17) is 16.7 Å². The van der Waals surface area contributed by atoms with Crippen molar-refractivity contribution < 1.29 is 8.85 Å². The molecule has 2 nitrogen and oxygen atoms in total. The molecule has 0 N–H and O–H groups in total. The molecule has 0 saturated carbocycles. The standard InChI is InChI=1S/C9H21BO2Si/c1-4-11-13(3,12-5-2)9-7-6-8-10/h4-9H2,1-3H3. The number of rotatable bonds is 8. The van der Waals surface area contributed by atoms with Crippen molar-refractivity contribution in [3.8, 4) is 0 Å². The maximum atomic E-state index is 5.69. The fourth-order valence-corrected chi connectivity index (χ4v) is 3.87. The van der Waals surface area contributed by atoms with Crippen molar-refractivity contribution in [3.05, 3.63) is 0 Å². The number of hydrogen-bond acceptors (Lipinski definition) is 2. The van der Waals surface area contributed by atoms with Gasteiger partial charge >= 0.3 is 8.56 Å². The maximum absolute atomic E-state index is 5.69. The second-order valence-electron chi connectivity index (χ2n) is 3.25. The molecule has 0 aliphatic rings. The normalized spacial score (nSPS) is 11.9. The molecule has 0 heterocycles. The predicted molar refractivity (Wildman–Crippen MR) is 59.5 cm³/mol. The molecule has 0 aromatic carbocycles. The highest BCUT2D eigenvalue weighted by molar-refractivity contribution is 6.66. The number of unbranched alkanes of at least 4 members (excludes halogenated alkanes) is 1. The molecule has 0 saturated heterocycles. The zero-order valence-corrected chi connectivity index (χ0v) is 10.1. The van der Waals surface area contributed by atoms with Gasteiger partial charge in [-0.3, -0.25) is 0 Å². The van der Waals surface area contributed by atoms with Crippen molar-refractivity contribution in [2.45, 2.75) is 45.6 Å². The van der Waals surface area contributed by atoms with Crippen molar-refractivity contribution in [1.82, 2.24) is 0 Å². The van der Waals surface area contributed by atoms with Crippen LogP contribution in [0.15, 0.2) is 0 Å². The summed E-state index contributed by atoms with van der Waals surface area (Å²) in [7, 11) is 3.60. The average Bonchev–Trinajstić information content (AvgIpc) is 2.05. The largest absolute Gasteiger partial charge is 0.395 e. The van der Waals surface area contributed by atoms with Gasteiger partial charge in [-0.05, 0) is 26.4 Å². The van der Waals surface area contributed by atoms with Gasteiger partial charge in [0, 0.05) is 13.2 Å². The molecule has 4 heteroatoms. The lowest BCUT2D eigenvalue weighted by Gasteiger charge is -2.25. The second-order valence-corrected chi connectivity index (χ2v) is 6.59. The first-order valence-corrected chi connectivity index (χ1v) is 7.69. The molecule has 0 fully saturated rings. The topological polar surface area (TPSA) is 18.5 Å². The SMILES string of the molecule is [B]CCCC[Si](C)(OCC)OCC. The highest BCUT2D eigenvalue weighted by Crippen LogP contribution is 2.17. The summed E-state index contributed by atoms with van der Waals surface area (Å²) in [6, 6.07) is 1.06. The van der Waals surface area contributed by atoms with Crippen LogP contribution in [-0.2, 0) is 8.85 Å². The van der Waals surface area contributed by atoms with Crippen LogP contribution in [0.1, 0.15) is 26.7 Å². The summed E-state index contributed by atoms with van der Waals surface area (Å²) in [6.07, 6.45) is 2.96. The van der Waals surface area contributed by atoms with Crippen LogP contribution in [0.2, 0.25) is 18.9 Å². The summed E-state index contributed by atoms with van der Waals surface area (Å²) in [4.78, 5) is 0. The van der Waals surface area contributed by atoms with Crippen molar-refractivity contribution >= 4 is 16.4 Å². The molecule has 0 spiro atoms. The first-order valence-electron chi connectivity index (χ1n) is 5.16. The Balaban J connectivity index is 3.76. The summed E-state index contributed by atoms with van der Waals surface area (Å²) in [5.74, 6) is 0. The van der Waals surface area contributed by atoms with E-state index < -0.39 is 8.56 Å². The molecule has 0 aromatic rings. The van der Waals surface area contributed by atoms with Crippen LogP contribution < -0.4 is 0 Å². The average molecular weight is 200 g/mol. The van der Waals surface area contributed by atoms with Crippen molar-refractivity contribution in [2.24, 2.45) is 0 Å². The van der Waals surface area contributed by atoms with Crippen LogP contribution in [0.3, 0.4) is 0 Å². The second kappa shape index (κ2) is 7.59. The molecule has 2 radical (unpaired) electrons. The third kappa shape index (κ3) is 6.30. The van der Waals surface area contributed by atoms with Crippen molar-refractivity contribution in [1.29, 1.82) is 0 Å². The molecule has 13 heavy (non-hydrogen) atoms. The van der Waals surface area contributed by atoms with E-state index in [1.807, 2.05) is 13.8 Å². The summed E-state index contributed by atoms with van der Waals surface area (Å²) in [5, 5.41) is 0. The fourth-order valence-electron chi connectivity index (χ4n) is 1.39. The van der Waals surface area contributed by atoms with Crippen molar-refractivity contribution in [3.63, 3.8) is 0 Å². The lowest BCUT2D eigenvalue weighted by molar-refractivity contribution is 0.188. The Morgan fingerprint density at radius 2 is 1.62 bits per heavy atom. The lowest BCUT2D eigenvalue weighted by atomic mass is 10.0. The molecule has 0 bridgehead atoms. The van der Waals surface area contributed by atoms with Crippen molar-refractivity contribution in [2.75, 3.05) is 13.2 Å². The van der Waals surface area contributed by atoms with Crippen LogP contribution in [0, 0.1) is 0 Å². The van der Waals surface area contributed by atoms with Gasteiger partial charge in [-0.1, -0.05) is 19.2 Å². The fraction of sp³-hybridized carbons (Fsp3) is 1.00. The minimum atomic E-state index is -1.84. The molecule has 0 aliphatic heterocycles. The monoisotopic (exact) mass is 200 g/mol. The van der Waals surface area contributed by atoms with Gasteiger partial charge in [0.05, 0.1) is 7.85 Å². The van der Waals surface area contributed by atoms with Gasteiger partial charge in [0.2, 0.25) is 0 Å². The Bertz CT molecular complexity index is 116. The van der Waals surface area contributed by atoms with Gasteiger partial charge in [0.15, 0.2) is 0 Å². The van der Waals surface area contributed by atoms with E-state index in [9.17, 15) is 0 Å². The van der Waals surface area contributed by atoms with E-state index in [-0.39, 0.29) is 0 Å². The quantitative estimate of drug-likeness (QED) is 0.442. The zero-order chi connectivity index (χ0) is 10.2. The molecule has 0 atom stereocenters. The first kappa shape index (κ1) is 13.2. The first-order chi connectivity index (χ1) is 6.18. The molecule has 0 aromatic heterocycles. The van der Waals surface area contributed by atoms with E-state index >= 15 is 0 Å². The van der Waals surface area contributed by atoms with Crippen LogP contribution in [0.4, 0.5) is 0 Å². The summed E-state index contributed by atoms with van der Waals surface area (Å²) >= 11 is 0. The van der Waals surface area contributed by atoms with Gasteiger partial charge in [-0.25, -0.2) is 0 Å². The Morgan fingerprint density at radius 1 is 1.08 bits per heavy atom. The highest BCUT2D eigenvalue weighted by Gasteiger charge is 2.29. The van der Waals surface area contributed by atoms with E-state index in [0.717, 1.165) is 38.4 Å². The Morgan fingerprint density at radius 3 is 2.00 bits per heavy atom. The lowest BCUT2D eigenvalue weighted by Crippen LogP contribution is -2.38. The summed E-state index contributed by atoms with van der Waals surface area (Å²) < 4.78 is 11.4. The van der Waals surface area contributed by atoms with Crippen LogP contribution >= 0.6 is 0 Å². The minimum absolute atomic E-state index is 0.755. The molecular weight excluding hydrogens is 179 g/mol. The number of hydrogen-bond donors (Lipinski definition) is 0. The molecule has 0 rings (SSSR count). The van der Waals surface area contributed by atoms with Crippen LogP contribution in [-0.4, -0.2) is 29.6 Å². The van der Waals surface area contributed by atoms with Gasteiger partial charge < -0.3 is 8.85 Å². The minimum Gasteiger partial charge on any atom is -0.395 e. The van der Waals surface area contributed by atoms with Gasteiger partial charge in [-0.2, -0.15) is 0 Å². The highest BCUT2D eigenvalue weighted by atomic mass is 28.4. The summed E-state index contributed by atoms with van der Waals surface area (Å²) in [6.45, 7) is 7.69. The van der Waals surface area contributed by atoms with Gasteiger partial charge in [0.1, 0.15) is 0 Å². The predicted octanol–water partition coefficient (Wildman–Crippen LogP) is 2.50. The Labute approximate surface area is 84.7 Å². The molecule has 0 amide bonds. The smallest absolute Gasteiger partial charge is 0.334 e. The van der Waals surface area contributed by atoms with E-state index in [1.54, 1.807) is 0 Å². The Hall–Kier alpha value is 0.202. The molecule has 0 aliphatic carbocycles. The Kier molecular flexibility index (Phi) is 7.71. The van der Waals surface area contributed by atoms with Gasteiger partial charge in [0.25, 0.3) is 0 Å². The van der Waals surface area contributed by atoms with E-state index in [1.165, 1.54) is 0 Å². The van der Waals surface area contributed by atoms with Gasteiger partial charge in [-0.15, -0.1) is 0 Å². The summed E-state index contributed by atoms with van der Waals surface area (Å²) in [5.41, 5.74) is 0.